The van der Waals surface area contributed by atoms with Gasteiger partial charge >= 0.3 is 0 Å². The number of thioether (sulfide) groups is 1. The van der Waals surface area contributed by atoms with E-state index >= 15 is 0 Å². The van der Waals surface area contributed by atoms with E-state index in [-0.39, 0.29) is 5.91 Å². The number of carbonyl (C=O) groups is 1. The van der Waals surface area contributed by atoms with Crippen molar-refractivity contribution < 1.29 is 4.79 Å². The fourth-order valence-electron chi connectivity index (χ4n) is 2.84. The topological polar surface area (TPSA) is 53.4 Å². The Balaban J connectivity index is 1.69. The second-order valence-corrected chi connectivity index (χ2v) is 7.07. The minimum absolute atomic E-state index is 0.123. The van der Waals surface area contributed by atoms with E-state index < -0.39 is 0 Å². The smallest absolute Gasteiger partial charge is 0.220 e. The molecule has 1 saturated heterocycles. The summed E-state index contributed by atoms with van der Waals surface area (Å²) in [6, 6.07) is 0.467. The predicted molar refractivity (Wildman–Crippen MR) is 94.6 cm³/mol. The summed E-state index contributed by atoms with van der Waals surface area (Å²) in [4.78, 5) is 21.2. The summed E-state index contributed by atoms with van der Waals surface area (Å²) in [6.07, 6.45) is 5.33. The Bertz CT molecular complexity index is 511. The number of piperazine rings is 1. The molecule has 0 radical (unpaired) electrons. The first-order valence-corrected chi connectivity index (χ1v) is 9.47. The van der Waals surface area contributed by atoms with E-state index in [0.29, 0.717) is 19.0 Å². The van der Waals surface area contributed by atoms with Gasteiger partial charge in [-0.3, -0.25) is 9.69 Å². The lowest BCUT2D eigenvalue weighted by atomic mass is 10.1. The SMILES string of the molecule is CSc1ncc(CNC(=O)CCC(C)N2CCN(C)CC2)n1C. The Morgan fingerprint density at radius 1 is 1.35 bits per heavy atom. The molecule has 130 valence electrons. The third kappa shape index (κ3) is 5.22. The summed E-state index contributed by atoms with van der Waals surface area (Å²) < 4.78 is 2.03. The maximum atomic E-state index is 12.1. The van der Waals surface area contributed by atoms with Gasteiger partial charge in [0, 0.05) is 45.7 Å². The summed E-state index contributed by atoms with van der Waals surface area (Å²) in [6.45, 7) is 7.22. The lowest BCUT2D eigenvalue weighted by molar-refractivity contribution is -0.121. The first-order chi connectivity index (χ1) is 11.0. The Hall–Kier alpha value is -1.05. The van der Waals surface area contributed by atoms with Gasteiger partial charge in [0.2, 0.25) is 5.91 Å². The first kappa shape index (κ1) is 18.3. The molecule has 6 nitrogen and oxygen atoms in total. The fraction of sp³-hybridized carbons (Fsp3) is 0.750. The maximum absolute atomic E-state index is 12.1. The molecule has 1 fully saturated rings. The van der Waals surface area contributed by atoms with Gasteiger partial charge in [0.25, 0.3) is 0 Å². The number of imidazole rings is 1. The Kier molecular flexibility index (Phi) is 6.92. The number of carbonyl (C=O) groups excluding carboxylic acids is 1. The number of nitrogens with zero attached hydrogens (tertiary/aromatic N) is 4. The lowest BCUT2D eigenvalue weighted by Crippen LogP contribution is -2.48. The molecule has 1 unspecified atom stereocenters. The van der Waals surface area contributed by atoms with Crippen molar-refractivity contribution in [3.05, 3.63) is 11.9 Å². The number of likely N-dealkylation sites (N-methyl/N-ethyl adjacent to an activating group) is 1. The quantitative estimate of drug-likeness (QED) is 0.756. The average molecular weight is 340 g/mol. The van der Waals surface area contributed by atoms with Crippen LogP contribution in [0.15, 0.2) is 11.4 Å². The van der Waals surface area contributed by atoms with E-state index in [1.807, 2.05) is 24.1 Å². The van der Waals surface area contributed by atoms with Crippen LogP contribution in [0.3, 0.4) is 0 Å². The van der Waals surface area contributed by atoms with Gasteiger partial charge in [-0.05, 0) is 26.6 Å². The molecule has 2 rings (SSSR count). The Morgan fingerprint density at radius 3 is 2.65 bits per heavy atom. The number of amides is 1. The van der Waals surface area contributed by atoms with E-state index in [2.05, 4.69) is 34.1 Å². The van der Waals surface area contributed by atoms with Crippen LogP contribution in [-0.4, -0.2) is 70.8 Å². The summed E-state index contributed by atoms with van der Waals surface area (Å²) in [5, 5.41) is 3.98. The zero-order chi connectivity index (χ0) is 16.8. The molecular formula is C16H29N5OS. The van der Waals surface area contributed by atoms with Gasteiger partial charge in [-0.15, -0.1) is 0 Å². The number of nitrogens with one attached hydrogen (secondary N) is 1. The Labute approximate surface area is 143 Å². The van der Waals surface area contributed by atoms with Crippen LogP contribution in [0.2, 0.25) is 0 Å². The van der Waals surface area contributed by atoms with Gasteiger partial charge in [-0.2, -0.15) is 0 Å². The van der Waals surface area contributed by atoms with E-state index in [9.17, 15) is 4.79 Å². The van der Waals surface area contributed by atoms with Crippen LogP contribution >= 0.6 is 11.8 Å². The molecule has 0 aliphatic carbocycles. The molecular weight excluding hydrogens is 310 g/mol. The molecule has 0 aromatic carbocycles. The second kappa shape index (κ2) is 8.70. The molecule has 1 aromatic rings. The standard InChI is InChI=1S/C16H29N5OS/c1-13(21-9-7-19(2)8-10-21)5-6-15(22)17-11-14-12-18-16(23-4)20(14)3/h12-13H,5-11H2,1-4H3,(H,17,22). The van der Waals surface area contributed by atoms with Gasteiger partial charge in [-0.25, -0.2) is 4.98 Å². The van der Waals surface area contributed by atoms with Crippen LogP contribution in [0.25, 0.3) is 0 Å². The fourth-order valence-corrected chi connectivity index (χ4v) is 3.39. The molecule has 1 aliphatic heterocycles. The molecule has 1 aliphatic rings. The first-order valence-electron chi connectivity index (χ1n) is 8.25. The van der Waals surface area contributed by atoms with Gasteiger partial charge in [-0.1, -0.05) is 11.8 Å². The highest BCUT2D eigenvalue weighted by Crippen LogP contribution is 2.14. The molecule has 1 amide bonds. The molecule has 23 heavy (non-hydrogen) atoms. The molecule has 1 aromatic heterocycles. The summed E-state index contributed by atoms with van der Waals surface area (Å²) in [5.41, 5.74) is 1.04. The van der Waals surface area contributed by atoms with Crippen LogP contribution in [0.1, 0.15) is 25.5 Å². The molecule has 2 heterocycles. The monoisotopic (exact) mass is 339 g/mol. The van der Waals surface area contributed by atoms with Crippen molar-refractivity contribution in [3.8, 4) is 0 Å². The van der Waals surface area contributed by atoms with Crippen molar-refractivity contribution in [2.45, 2.75) is 37.5 Å². The maximum Gasteiger partial charge on any atom is 0.220 e. The van der Waals surface area contributed by atoms with Crippen molar-refractivity contribution in [1.82, 2.24) is 24.7 Å². The van der Waals surface area contributed by atoms with Gasteiger partial charge in [0.15, 0.2) is 5.16 Å². The summed E-state index contributed by atoms with van der Waals surface area (Å²) in [7, 11) is 4.14. The molecule has 0 spiro atoms. The molecule has 0 saturated carbocycles. The highest BCUT2D eigenvalue weighted by Gasteiger charge is 2.19. The van der Waals surface area contributed by atoms with Crippen LogP contribution in [0, 0.1) is 0 Å². The van der Waals surface area contributed by atoms with Crippen molar-refractivity contribution in [3.63, 3.8) is 0 Å². The van der Waals surface area contributed by atoms with E-state index in [0.717, 1.165) is 43.5 Å². The third-order valence-electron chi connectivity index (χ3n) is 4.64. The normalized spacial score (nSPS) is 18.1. The second-order valence-electron chi connectivity index (χ2n) is 6.30. The number of rotatable bonds is 7. The van der Waals surface area contributed by atoms with Gasteiger partial charge in [0.1, 0.15) is 0 Å². The van der Waals surface area contributed by atoms with Crippen LogP contribution in [0.4, 0.5) is 0 Å². The zero-order valence-electron chi connectivity index (χ0n) is 14.7. The van der Waals surface area contributed by atoms with Crippen molar-refractivity contribution >= 4 is 17.7 Å². The van der Waals surface area contributed by atoms with E-state index in [4.69, 9.17) is 0 Å². The zero-order valence-corrected chi connectivity index (χ0v) is 15.5. The Morgan fingerprint density at radius 2 is 2.04 bits per heavy atom. The average Bonchev–Trinajstić information content (AvgIpc) is 2.91. The van der Waals surface area contributed by atoms with E-state index in [1.165, 1.54) is 0 Å². The largest absolute Gasteiger partial charge is 0.350 e. The van der Waals surface area contributed by atoms with Gasteiger partial charge < -0.3 is 14.8 Å². The van der Waals surface area contributed by atoms with Crippen molar-refractivity contribution in [1.29, 1.82) is 0 Å². The minimum Gasteiger partial charge on any atom is -0.350 e. The van der Waals surface area contributed by atoms with E-state index in [1.54, 1.807) is 11.8 Å². The minimum atomic E-state index is 0.123. The van der Waals surface area contributed by atoms with Crippen LogP contribution < -0.4 is 5.32 Å². The summed E-state index contributed by atoms with van der Waals surface area (Å²) in [5.74, 6) is 0.123. The number of aromatic nitrogens is 2. The third-order valence-corrected chi connectivity index (χ3v) is 5.39. The highest BCUT2D eigenvalue weighted by molar-refractivity contribution is 7.98. The van der Waals surface area contributed by atoms with Gasteiger partial charge in [0.05, 0.1) is 18.4 Å². The highest BCUT2D eigenvalue weighted by atomic mass is 32.2. The summed E-state index contributed by atoms with van der Waals surface area (Å²) >= 11 is 1.61. The molecule has 1 N–H and O–H groups in total. The number of hydrogen-bond donors (Lipinski definition) is 1. The van der Waals surface area contributed by atoms with Crippen molar-refractivity contribution in [2.24, 2.45) is 7.05 Å². The van der Waals surface area contributed by atoms with Crippen molar-refractivity contribution in [2.75, 3.05) is 39.5 Å². The van der Waals surface area contributed by atoms with Crippen LogP contribution in [0.5, 0.6) is 0 Å². The molecule has 7 heteroatoms. The number of hydrogen-bond acceptors (Lipinski definition) is 5. The van der Waals surface area contributed by atoms with Crippen LogP contribution in [-0.2, 0) is 18.4 Å². The molecule has 0 bridgehead atoms. The predicted octanol–water partition coefficient (Wildman–Crippen LogP) is 1.17. The molecule has 1 atom stereocenters. The lowest BCUT2D eigenvalue weighted by Gasteiger charge is -2.36.